The van der Waals surface area contributed by atoms with Crippen LogP contribution in [-0.2, 0) is 13.6 Å². The van der Waals surface area contributed by atoms with Crippen molar-refractivity contribution in [2.45, 2.75) is 46.3 Å². The van der Waals surface area contributed by atoms with Gasteiger partial charge in [-0.05, 0) is 55.9 Å². The normalized spacial score (nSPS) is 16.0. The zero-order valence-electron chi connectivity index (χ0n) is 19.1. The fraction of sp³-hybridized carbons (Fsp3) is 0.522. The Morgan fingerprint density at radius 2 is 1.94 bits per heavy atom. The fourth-order valence-corrected chi connectivity index (χ4v) is 4.11. The number of benzene rings is 1. The number of ether oxygens (including phenoxy) is 1. The van der Waals surface area contributed by atoms with Crippen LogP contribution >= 0.6 is 0 Å². The van der Waals surface area contributed by atoms with Crippen molar-refractivity contribution in [1.82, 2.24) is 19.1 Å². The first-order valence-corrected chi connectivity index (χ1v) is 11.1. The average molecular weight is 442 g/mol. The lowest BCUT2D eigenvalue weighted by atomic mass is 10.00. The average Bonchev–Trinajstić information content (AvgIpc) is 3.13. The summed E-state index contributed by atoms with van der Waals surface area (Å²) in [5.74, 6) is 1.92. The molecule has 0 bridgehead atoms. The van der Waals surface area contributed by atoms with Crippen LogP contribution < -0.4 is 20.9 Å². The SMILES string of the molecule is Cc1ccc(OCC(O)Cn2c(N3CCC(C)CC3)nc3c2c(=O)[nH]c(=O)n3C)cc1C. The van der Waals surface area contributed by atoms with Crippen molar-refractivity contribution in [3.8, 4) is 5.75 Å². The predicted molar refractivity (Wildman–Crippen MR) is 124 cm³/mol. The number of piperidine rings is 1. The monoisotopic (exact) mass is 441 g/mol. The molecule has 1 saturated heterocycles. The van der Waals surface area contributed by atoms with Gasteiger partial charge in [0.05, 0.1) is 6.54 Å². The first-order valence-electron chi connectivity index (χ1n) is 11.1. The lowest BCUT2D eigenvalue weighted by Crippen LogP contribution is -2.36. The van der Waals surface area contributed by atoms with Crippen LogP contribution in [0.3, 0.4) is 0 Å². The molecule has 0 radical (unpaired) electrons. The molecule has 9 nitrogen and oxygen atoms in total. The second-order valence-corrected chi connectivity index (χ2v) is 8.89. The maximum Gasteiger partial charge on any atom is 0.329 e. The molecule has 3 aromatic rings. The number of anilines is 1. The number of nitrogens with zero attached hydrogens (tertiary/aromatic N) is 4. The molecule has 2 N–H and O–H groups in total. The lowest BCUT2D eigenvalue weighted by molar-refractivity contribution is 0.0935. The minimum Gasteiger partial charge on any atom is -0.491 e. The second kappa shape index (κ2) is 8.82. The Labute approximate surface area is 186 Å². The van der Waals surface area contributed by atoms with E-state index in [1.807, 2.05) is 32.0 Å². The second-order valence-electron chi connectivity index (χ2n) is 8.89. The predicted octanol–water partition coefficient (Wildman–Crippen LogP) is 1.72. The summed E-state index contributed by atoms with van der Waals surface area (Å²) in [7, 11) is 1.58. The highest BCUT2D eigenvalue weighted by Crippen LogP contribution is 2.25. The van der Waals surface area contributed by atoms with E-state index in [1.165, 1.54) is 10.1 Å². The number of imidazole rings is 1. The van der Waals surface area contributed by atoms with Gasteiger partial charge in [-0.3, -0.25) is 14.3 Å². The molecular formula is C23H31N5O4. The largest absolute Gasteiger partial charge is 0.491 e. The summed E-state index contributed by atoms with van der Waals surface area (Å²) in [4.78, 5) is 33.9. The molecule has 1 aliphatic rings. The van der Waals surface area contributed by atoms with Crippen molar-refractivity contribution in [3.63, 3.8) is 0 Å². The Balaban J connectivity index is 1.64. The summed E-state index contributed by atoms with van der Waals surface area (Å²) in [5, 5.41) is 10.8. The third-order valence-corrected chi connectivity index (χ3v) is 6.37. The van der Waals surface area contributed by atoms with Crippen LogP contribution in [-0.4, -0.2) is 50.0 Å². The Bertz CT molecular complexity index is 1230. The number of rotatable bonds is 6. The number of aryl methyl sites for hydroxylation is 3. The van der Waals surface area contributed by atoms with E-state index >= 15 is 0 Å². The molecule has 1 aromatic carbocycles. The molecule has 0 amide bonds. The zero-order chi connectivity index (χ0) is 23.0. The van der Waals surface area contributed by atoms with E-state index in [1.54, 1.807) is 11.6 Å². The number of hydrogen-bond donors (Lipinski definition) is 2. The Hall–Kier alpha value is -3.07. The number of fused-ring (bicyclic) bond motifs is 1. The van der Waals surface area contributed by atoms with Gasteiger partial charge in [0.15, 0.2) is 11.2 Å². The molecule has 32 heavy (non-hydrogen) atoms. The molecule has 0 saturated carbocycles. The van der Waals surface area contributed by atoms with Gasteiger partial charge in [-0.2, -0.15) is 4.98 Å². The molecule has 1 aliphatic heterocycles. The van der Waals surface area contributed by atoms with E-state index in [-0.39, 0.29) is 18.7 Å². The van der Waals surface area contributed by atoms with E-state index in [9.17, 15) is 14.7 Å². The first-order chi connectivity index (χ1) is 15.2. The van der Waals surface area contributed by atoms with Gasteiger partial charge >= 0.3 is 5.69 Å². The van der Waals surface area contributed by atoms with Crippen LogP contribution in [0.1, 0.15) is 30.9 Å². The molecule has 4 rings (SSSR count). The van der Waals surface area contributed by atoms with Gasteiger partial charge in [-0.15, -0.1) is 0 Å². The minimum absolute atomic E-state index is 0.0717. The van der Waals surface area contributed by atoms with Gasteiger partial charge < -0.3 is 19.3 Å². The Morgan fingerprint density at radius 3 is 2.62 bits per heavy atom. The molecule has 2 aromatic heterocycles. The molecule has 0 aliphatic carbocycles. The van der Waals surface area contributed by atoms with Gasteiger partial charge in [-0.1, -0.05) is 13.0 Å². The van der Waals surface area contributed by atoms with Gasteiger partial charge in [0.25, 0.3) is 5.56 Å². The van der Waals surface area contributed by atoms with Crippen LogP contribution in [0.4, 0.5) is 5.95 Å². The summed E-state index contributed by atoms with van der Waals surface area (Å²) in [6.45, 7) is 8.09. The highest BCUT2D eigenvalue weighted by Gasteiger charge is 2.25. The number of aliphatic hydroxyl groups is 1. The van der Waals surface area contributed by atoms with Crippen molar-refractivity contribution >= 4 is 17.1 Å². The number of aliphatic hydroxyl groups excluding tert-OH is 1. The number of aromatic amines is 1. The van der Waals surface area contributed by atoms with E-state index in [4.69, 9.17) is 4.74 Å². The topological polar surface area (TPSA) is 105 Å². The number of nitrogens with one attached hydrogen (secondary N) is 1. The van der Waals surface area contributed by atoms with E-state index < -0.39 is 17.4 Å². The van der Waals surface area contributed by atoms with Crippen LogP contribution in [0.25, 0.3) is 11.2 Å². The Kier molecular flexibility index (Phi) is 6.10. The van der Waals surface area contributed by atoms with Gasteiger partial charge in [-0.25, -0.2) is 4.79 Å². The summed E-state index contributed by atoms with van der Waals surface area (Å²) in [5.41, 5.74) is 1.87. The summed E-state index contributed by atoms with van der Waals surface area (Å²) < 4.78 is 8.85. The third kappa shape index (κ3) is 4.29. The van der Waals surface area contributed by atoms with E-state index in [0.717, 1.165) is 31.5 Å². The number of aromatic nitrogens is 4. The minimum atomic E-state index is -0.867. The van der Waals surface area contributed by atoms with E-state index in [2.05, 4.69) is 21.8 Å². The van der Waals surface area contributed by atoms with Gasteiger partial charge in [0.2, 0.25) is 5.95 Å². The zero-order valence-corrected chi connectivity index (χ0v) is 19.1. The van der Waals surface area contributed by atoms with Crippen molar-refractivity contribution in [1.29, 1.82) is 0 Å². The molecular weight excluding hydrogens is 410 g/mol. The molecule has 3 heterocycles. The quantitative estimate of drug-likeness (QED) is 0.603. The fourth-order valence-electron chi connectivity index (χ4n) is 4.11. The highest BCUT2D eigenvalue weighted by molar-refractivity contribution is 5.74. The summed E-state index contributed by atoms with van der Waals surface area (Å²) in [6, 6.07) is 5.80. The molecule has 172 valence electrons. The van der Waals surface area contributed by atoms with Crippen molar-refractivity contribution in [2.75, 3.05) is 24.6 Å². The summed E-state index contributed by atoms with van der Waals surface area (Å²) in [6.07, 6.45) is 1.18. The highest BCUT2D eigenvalue weighted by atomic mass is 16.5. The van der Waals surface area contributed by atoms with Crippen LogP contribution in [0, 0.1) is 19.8 Å². The standard InChI is InChI=1S/C23H31N5O4/c1-14-7-9-27(10-8-14)22-24-20-19(21(30)25-23(31)26(20)4)28(22)12-17(29)13-32-18-6-5-15(2)16(3)11-18/h5-6,11,14,17,29H,7-10,12-13H2,1-4H3,(H,25,30,31). The smallest absolute Gasteiger partial charge is 0.329 e. The van der Waals surface area contributed by atoms with Gasteiger partial charge in [0.1, 0.15) is 18.5 Å². The maximum absolute atomic E-state index is 12.7. The number of H-pyrrole nitrogens is 1. The van der Waals surface area contributed by atoms with Crippen LogP contribution in [0.2, 0.25) is 0 Å². The van der Waals surface area contributed by atoms with Crippen LogP contribution in [0.5, 0.6) is 5.75 Å². The van der Waals surface area contributed by atoms with Crippen molar-refractivity contribution in [2.24, 2.45) is 13.0 Å². The molecule has 0 spiro atoms. The van der Waals surface area contributed by atoms with Crippen molar-refractivity contribution in [3.05, 3.63) is 50.2 Å². The maximum atomic E-state index is 12.7. The van der Waals surface area contributed by atoms with Crippen molar-refractivity contribution < 1.29 is 9.84 Å². The van der Waals surface area contributed by atoms with Gasteiger partial charge in [0, 0.05) is 20.1 Å². The van der Waals surface area contributed by atoms with E-state index in [0.29, 0.717) is 23.3 Å². The first kappa shape index (κ1) is 22.1. The third-order valence-electron chi connectivity index (χ3n) is 6.37. The van der Waals surface area contributed by atoms with Crippen LogP contribution in [0.15, 0.2) is 27.8 Å². The molecule has 1 fully saturated rings. The Morgan fingerprint density at radius 1 is 1.22 bits per heavy atom. The summed E-state index contributed by atoms with van der Waals surface area (Å²) >= 11 is 0. The molecule has 9 heteroatoms. The number of hydrogen-bond acceptors (Lipinski definition) is 6. The molecule has 1 unspecified atom stereocenters. The molecule has 1 atom stereocenters. The lowest BCUT2D eigenvalue weighted by Gasteiger charge is -2.31.